The third kappa shape index (κ3) is 4.43. The highest BCUT2D eigenvalue weighted by atomic mass is 35.5. The molecule has 0 atom stereocenters. The van der Waals surface area contributed by atoms with Crippen molar-refractivity contribution in [1.82, 2.24) is 9.88 Å². The molecular formula is C23H15Cl2FN4O4S. The van der Waals surface area contributed by atoms with Gasteiger partial charge in [0, 0.05) is 23.1 Å². The highest BCUT2D eigenvalue weighted by Crippen LogP contribution is 2.31. The quantitative estimate of drug-likeness (QED) is 0.162. The van der Waals surface area contributed by atoms with Crippen LogP contribution < -0.4 is 10.2 Å². The standard InChI is InChI=1S/C23H15Cl2FN4O4S/c1-11-7-13(12(2)28(11)14-4-6-20(30(33)34)18(25)10-14)8-16-21(31)27-23(35)29(22(16)32)15-3-5-19(26)17(24)9-15/h3-10H,1-2H3,(H,27,31,35)/b16-8+. The minimum absolute atomic E-state index is 0.0242. The number of nitrogens with one attached hydrogen (secondary N) is 1. The number of halogens is 3. The number of benzene rings is 2. The Morgan fingerprint density at radius 1 is 1.06 bits per heavy atom. The monoisotopic (exact) mass is 532 g/mol. The molecule has 0 bridgehead atoms. The summed E-state index contributed by atoms with van der Waals surface area (Å²) < 4.78 is 15.4. The van der Waals surface area contributed by atoms with Crippen LogP contribution in [0.1, 0.15) is 17.0 Å². The summed E-state index contributed by atoms with van der Waals surface area (Å²) in [5.74, 6) is -2.05. The van der Waals surface area contributed by atoms with E-state index in [1.165, 1.54) is 30.3 Å². The molecule has 178 valence electrons. The van der Waals surface area contributed by atoms with Crippen molar-refractivity contribution in [3.63, 3.8) is 0 Å². The molecule has 3 aromatic rings. The number of aromatic nitrogens is 1. The second-order valence-electron chi connectivity index (χ2n) is 7.61. The first-order valence-corrected chi connectivity index (χ1v) is 11.2. The van der Waals surface area contributed by atoms with Crippen LogP contribution in [0.3, 0.4) is 0 Å². The van der Waals surface area contributed by atoms with Crippen molar-refractivity contribution >= 4 is 69.8 Å². The van der Waals surface area contributed by atoms with Crippen LogP contribution in [0.4, 0.5) is 15.8 Å². The molecule has 0 unspecified atom stereocenters. The van der Waals surface area contributed by atoms with Crippen LogP contribution in [0.2, 0.25) is 10.0 Å². The van der Waals surface area contributed by atoms with E-state index in [1.807, 2.05) is 0 Å². The molecule has 2 heterocycles. The molecule has 2 amide bonds. The number of carbonyl (C=O) groups excluding carboxylic acids is 2. The summed E-state index contributed by atoms with van der Waals surface area (Å²) in [6, 6.07) is 9.73. The third-order valence-electron chi connectivity index (χ3n) is 5.42. The zero-order valence-electron chi connectivity index (χ0n) is 18.1. The molecule has 1 aliphatic rings. The first kappa shape index (κ1) is 24.5. The number of hydrogen-bond donors (Lipinski definition) is 1. The summed E-state index contributed by atoms with van der Waals surface area (Å²) in [5.41, 5.74) is 2.31. The summed E-state index contributed by atoms with van der Waals surface area (Å²) >= 11 is 17.1. The Morgan fingerprint density at radius 3 is 2.34 bits per heavy atom. The summed E-state index contributed by atoms with van der Waals surface area (Å²) in [4.78, 5) is 37.5. The largest absolute Gasteiger partial charge is 0.318 e. The van der Waals surface area contributed by atoms with Crippen molar-refractivity contribution in [1.29, 1.82) is 0 Å². The number of aryl methyl sites for hydroxylation is 1. The smallest absolute Gasteiger partial charge is 0.288 e. The highest BCUT2D eigenvalue weighted by molar-refractivity contribution is 7.80. The van der Waals surface area contributed by atoms with Gasteiger partial charge in [0.25, 0.3) is 17.5 Å². The SMILES string of the molecule is Cc1cc(/C=C2\C(=O)NC(=S)N(c3ccc(F)c(Cl)c3)C2=O)c(C)n1-c1ccc([N+](=O)[O-])c(Cl)c1. The lowest BCUT2D eigenvalue weighted by Crippen LogP contribution is -2.54. The molecule has 1 aliphatic heterocycles. The van der Waals surface area contributed by atoms with Gasteiger partial charge in [-0.2, -0.15) is 0 Å². The van der Waals surface area contributed by atoms with Crippen LogP contribution in [-0.2, 0) is 9.59 Å². The van der Waals surface area contributed by atoms with Gasteiger partial charge in [0.05, 0.1) is 15.6 Å². The topological polar surface area (TPSA) is 97.5 Å². The highest BCUT2D eigenvalue weighted by Gasteiger charge is 2.35. The number of rotatable bonds is 4. The summed E-state index contributed by atoms with van der Waals surface area (Å²) in [7, 11) is 0. The third-order valence-corrected chi connectivity index (χ3v) is 6.30. The summed E-state index contributed by atoms with van der Waals surface area (Å²) in [6.07, 6.45) is 1.42. The maximum absolute atomic E-state index is 13.6. The first-order valence-electron chi connectivity index (χ1n) is 9.99. The fraction of sp³-hybridized carbons (Fsp3) is 0.0870. The average molecular weight is 533 g/mol. The van der Waals surface area contributed by atoms with Gasteiger partial charge in [-0.1, -0.05) is 23.2 Å². The van der Waals surface area contributed by atoms with E-state index in [9.17, 15) is 24.1 Å². The van der Waals surface area contributed by atoms with Crippen LogP contribution in [0.25, 0.3) is 11.8 Å². The second-order valence-corrected chi connectivity index (χ2v) is 8.81. The number of hydrogen-bond acceptors (Lipinski definition) is 5. The number of carbonyl (C=O) groups is 2. The van der Waals surface area contributed by atoms with Crippen LogP contribution in [0.5, 0.6) is 0 Å². The Labute approximate surface area is 213 Å². The van der Waals surface area contributed by atoms with Crippen LogP contribution in [0, 0.1) is 29.8 Å². The van der Waals surface area contributed by atoms with E-state index < -0.39 is 22.6 Å². The number of nitro benzene ring substituents is 1. The molecule has 0 aliphatic carbocycles. The van der Waals surface area contributed by atoms with Crippen LogP contribution in [-0.4, -0.2) is 26.4 Å². The molecule has 12 heteroatoms. The van der Waals surface area contributed by atoms with Crippen molar-refractivity contribution in [3.8, 4) is 5.69 Å². The van der Waals surface area contributed by atoms with Crippen molar-refractivity contribution < 1.29 is 18.9 Å². The zero-order chi connectivity index (χ0) is 25.6. The van der Waals surface area contributed by atoms with Gasteiger partial charge in [-0.05, 0) is 74.1 Å². The van der Waals surface area contributed by atoms with Crippen LogP contribution in [0.15, 0.2) is 48.0 Å². The molecule has 0 radical (unpaired) electrons. The lowest BCUT2D eigenvalue weighted by atomic mass is 10.1. The molecule has 1 aromatic heterocycles. The average Bonchev–Trinajstić information content (AvgIpc) is 3.05. The lowest BCUT2D eigenvalue weighted by Gasteiger charge is -2.29. The number of anilines is 1. The van der Waals surface area contributed by atoms with Gasteiger partial charge in [-0.25, -0.2) is 4.39 Å². The van der Waals surface area contributed by atoms with Crippen molar-refractivity contribution in [3.05, 3.63) is 91.0 Å². The van der Waals surface area contributed by atoms with E-state index >= 15 is 0 Å². The lowest BCUT2D eigenvalue weighted by molar-refractivity contribution is -0.384. The fourth-order valence-corrected chi connectivity index (χ4v) is 4.49. The predicted molar refractivity (Wildman–Crippen MR) is 135 cm³/mol. The number of nitrogens with zero attached hydrogens (tertiary/aromatic N) is 3. The van der Waals surface area contributed by atoms with Gasteiger partial charge in [0.2, 0.25) is 0 Å². The molecule has 0 saturated carbocycles. The first-order chi connectivity index (χ1) is 16.5. The molecule has 2 aromatic carbocycles. The molecule has 1 N–H and O–H groups in total. The van der Waals surface area contributed by atoms with E-state index in [0.717, 1.165) is 16.7 Å². The van der Waals surface area contributed by atoms with Gasteiger partial charge in [0.1, 0.15) is 16.4 Å². The van der Waals surface area contributed by atoms with E-state index in [2.05, 4.69) is 5.32 Å². The Kier molecular flexibility index (Phi) is 6.46. The Balaban J connectivity index is 1.76. The van der Waals surface area contributed by atoms with Crippen LogP contribution >= 0.6 is 35.4 Å². The van der Waals surface area contributed by atoms with E-state index in [4.69, 9.17) is 35.4 Å². The molecular weight excluding hydrogens is 518 g/mol. The number of nitro groups is 1. The number of amides is 2. The summed E-state index contributed by atoms with van der Waals surface area (Å²) in [5, 5.41) is 13.2. The molecule has 4 rings (SSSR count). The van der Waals surface area contributed by atoms with E-state index in [0.29, 0.717) is 16.9 Å². The van der Waals surface area contributed by atoms with Crippen molar-refractivity contribution in [2.75, 3.05) is 4.90 Å². The Morgan fingerprint density at radius 2 is 1.71 bits per heavy atom. The molecule has 1 fully saturated rings. The minimum atomic E-state index is -0.704. The predicted octanol–water partition coefficient (Wildman–Crippen LogP) is 5.28. The van der Waals surface area contributed by atoms with Gasteiger partial charge >= 0.3 is 0 Å². The zero-order valence-corrected chi connectivity index (χ0v) is 20.5. The van der Waals surface area contributed by atoms with E-state index in [-0.39, 0.29) is 32.1 Å². The molecule has 1 saturated heterocycles. The normalized spacial score (nSPS) is 15.1. The number of thiocarbonyl (C=S) groups is 1. The van der Waals surface area contributed by atoms with Gasteiger partial charge < -0.3 is 4.57 Å². The molecule has 35 heavy (non-hydrogen) atoms. The Hall–Kier alpha value is -3.60. The van der Waals surface area contributed by atoms with Gasteiger partial charge in [-0.15, -0.1) is 0 Å². The van der Waals surface area contributed by atoms with E-state index in [1.54, 1.807) is 30.5 Å². The molecule has 8 nitrogen and oxygen atoms in total. The molecule has 0 spiro atoms. The van der Waals surface area contributed by atoms with Gasteiger partial charge in [-0.3, -0.25) is 29.9 Å². The maximum Gasteiger partial charge on any atom is 0.288 e. The fourth-order valence-electron chi connectivity index (χ4n) is 3.79. The van der Waals surface area contributed by atoms with Crippen molar-refractivity contribution in [2.24, 2.45) is 0 Å². The second kappa shape index (κ2) is 9.21. The summed E-state index contributed by atoms with van der Waals surface area (Å²) in [6.45, 7) is 3.57. The Bertz CT molecular complexity index is 1480. The minimum Gasteiger partial charge on any atom is -0.318 e. The van der Waals surface area contributed by atoms with Crippen molar-refractivity contribution in [2.45, 2.75) is 13.8 Å². The van der Waals surface area contributed by atoms with Gasteiger partial charge in [0.15, 0.2) is 5.11 Å². The maximum atomic E-state index is 13.6.